The average molecular weight is 324 g/mol. The Hall–Kier alpha value is -1.65. The molecule has 2 atom stereocenters. The summed E-state index contributed by atoms with van der Waals surface area (Å²) in [4.78, 5) is 34.9. The first kappa shape index (κ1) is 19.4. The van der Waals surface area contributed by atoms with Crippen molar-refractivity contribution < 1.29 is 23.9 Å². The lowest BCUT2D eigenvalue weighted by atomic mass is 10.0. The molecule has 0 aromatic heterocycles. The zero-order valence-electron chi connectivity index (χ0n) is 14.2. The summed E-state index contributed by atoms with van der Waals surface area (Å²) in [5.74, 6) is -1.38. The van der Waals surface area contributed by atoms with Gasteiger partial charge in [0, 0.05) is 13.0 Å². The van der Waals surface area contributed by atoms with Crippen LogP contribution in [0.25, 0.3) is 0 Å². The SMILES string of the molecule is CC(=O)O[C@H]1CCCCCCCCC[C@@H](C)OC(=O)/C=C/C1=O. The predicted molar refractivity (Wildman–Crippen MR) is 86.8 cm³/mol. The Morgan fingerprint density at radius 3 is 2.17 bits per heavy atom. The molecule has 0 aromatic carbocycles. The Morgan fingerprint density at radius 2 is 1.57 bits per heavy atom. The van der Waals surface area contributed by atoms with Gasteiger partial charge < -0.3 is 9.47 Å². The van der Waals surface area contributed by atoms with Crippen LogP contribution < -0.4 is 0 Å². The lowest BCUT2D eigenvalue weighted by molar-refractivity contribution is -0.151. The van der Waals surface area contributed by atoms with Crippen LogP contribution in [0.15, 0.2) is 12.2 Å². The first-order valence-corrected chi connectivity index (χ1v) is 8.59. The molecule has 130 valence electrons. The van der Waals surface area contributed by atoms with Crippen molar-refractivity contribution in [2.45, 2.75) is 83.8 Å². The quantitative estimate of drug-likeness (QED) is 0.690. The molecule has 1 aliphatic heterocycles. The number of cyclic esters (lactones) is 1. The minimum atomic E-state index is -0.804. The Labute approximate surface area is 138 Å². The second kappa shape index (κ2) is 11.0. The van der Waals surface area contributed by atoms with Gasteiger partial charge in [-0.3, -0.25) is 9.59 Å². The minimum absolute atomic E-state index is 0.153. The molecule has 0 saturated heterocycles. The van der Waals surface area contributed by atoms with Crippen molar-refractivity contribution in [2.24, 2.45) is 0 Å². The van der Waals surface area contributed by atoms with Crippen LogP contribution in [0.2, 0.25) is 0 Å². The van der Waals surface area contributed by atoms with Crippen LogP contribution in [-0.2, 0) is 23.9 Å². The Kier molecular flexibility index (Phi) is 9.25. The van der Waals surface area contributed by atoms with Gasteiger partial charge in [-0.15, -0.1) is 0 Å². The third-order valence-electron chi connectivity index (χ3n) is 3.90. The zero-order chi connectivity index (χ0) is 17.1. The first-order valence-electron chi connectivity index (χ1n) is 8.59. The van der Waals surface area contributed by atoms with Crippen LogP contribution in [-0.4, -0.2) is 29.9 Å². The Bertz CT molecular complexity index is 427. The summed E-state index contributed by atoms with van der Waals surface area (Å²) in [5.41, 5.74) is 0. The smallest absolute Gasteiger partial charge is 0.331 e. The Morgan fingerprint density at radius 1 is 1.00 bits per heavy atom. The van der Waals surface area contributed by atoms with Crippen LogP contribution >= 0.6 is 0 Å². The molecule has 1 rings (SSSR count). The molecule has 5 heteroatoms. The van der Waals surface area contributed by atoms with Crippen molar-refractivity contribution in [3.05, 3.63) is 12.2 Å². The van der Waals surface area contributed by atoms with Crippen molar-refractivity contribution in [1.82, 2.24) is 0 Å². The molecule has 0 fully saturated rings. The van der Waals surface area contributed by atoms with Gasteiger partial charge in [-0.2, -0.15) is 0 Å². The number of ketones is 1. The lowest BCUT2D eigenvalue weighted by Crippen LogP contribution is -2.25. The molecule has 0 aromatic rings. The van der Waals surface area contributed by atoms with Gasteiger partial charge >= 0.3 is 11.9 Å². The van der Waals surface area contributed by atoms with Crippen molar-refractivity contribution in [3.63, 3.8) is 0 Å². The number of carbonyl (C=O) groups excluding carboxylic acids is 3. The normalized spacial score (nSPS) is 27.0. The maximum absolute atomic E-state index is 12.1. The molecule has 0 aliphatic carbocycles. The molecule has 0 radical (unpaired) electrons. The number of ether oxygens (including phenoxy) is 2. The highest BCUT2D eigenvalue weighted by atomic mass is 16.5. The molecule has 0 bridgehead atoms. The fourth-order valence-corrected chi connectivity index (χ4v) is 2.66. The summed E-state index contributed by atoms with van der Waals surface area (Å²) >= 11 is 0. The molecule has 0 unspecified atom stereocenters. The fraction of sp³-hybridized carbons (Fsp3) is 0.722. The summed E-state index contributed by atoms with van der Waals surface area (Å²) in [7, 11) is 0. The van der Waals surface area contributed by atoms with Crippen molar-refractivity contribution >= 4 is 17.7 Å². The highest BCUT2D eigenvalue weighted by Crippen LogP contribution is 2.15. The third-order valence-corrected chi connectivity index (χ3v) is 3.90. The molecular formula is C18H28O5. The molecule has 0 N–H and O–H groups in total. The molecular weight excluding hydrogens is 296 g/mol. The first-order chi connectivity index (χ1) is 11.0. The molecule has 1 aliphatic rings. The van der Waals surface area contributed by atoms with E-state index in [9.17, 15) is 14.4 Å². The van der Waals surface area contributed by atoms with E-state index >= 15 is 0 Å². The van der Waals surface area contributed by atoms with Crippen LogP contribution in [0.4, 0.5) is 0 Å². The number of rotatable bonds is 1. The highest BCUT2D eigenvalue weighted by Gasteiger charge is 2.19. The van der Waals surface area contributed by atoms with Gasteiger partial charge in [0.1, 0.15) is 0 Å². The summed E-state index contributed by atoms with van der Waals surface area (Å²) in [6, 6.07) is 0. The Balaban J connectivity index is 2.68. The number of hydrogen-bond donors (Lipinski definition) is 0. The lowest BCUT2D eigenvalue weighted by Gasteiger charge is -2.15. The molecule has 0 saturated carbocycles. The average Bonchev–Trinajstić information content (AvgIpc) is 2.48. The van der Waals surface area contributed by atoms with Gasteiger partial charge in [0.05, 0.1) is 6.10 Å². The van der Waals surface area contributed by atoms with Gasteiger partial charge in [0.25, 0.3) is 0 Å². The van der Waals surface area contributed by atoms with Crippen molar-refractivity contribution in [1.29, 1.82) is 0 Å². The molecule has 0 amide bonds. The van der Waals surface area contributed by atoms with Crippen molar-refractivity contribution in [3.8, 4) is 0 Å². The van der Waals surface area contributed by atoms with Gasteiger partial charge in [0.15, 0.2) is 11.9 Å². The monoisotopic (exact) mass is 324 g/mol. The third kappa shape index (κ3) is 9.16. The standard InChI is InChI=1S/C18H28O5/c1-14-10-8-6-4-3-5-7-9-11-17(23-15(2)19)16(20)12-13-18(21)22-14/h12-14,17H,3-11H2,1-2H3/b13-12+/t14-,17+/m1/s1. The molecule has 5 nitrogen and oxygen atoms in total. The van der Waals surface area contributed by atoms with E-state index in [4.69, 9.17) is 9.47 Å². The summed E-state index contributed by atoms with van der Waals surface area (Å²) in [5, 5.41) is 0. The van der Waals surface area contributed by atoms with Gasteiger partial charge in [0.2, 0.25) is 0 Å². The largest absolute Gasteiger partial charge is 0.460 e. The number of carbonyl (C=O) groups is 3. The van der Waals surface area contributed by atoms with Gasteiger partial charge in [-0.1, -0.05) is 32.1 Å². The molecule has 0 spiro atoms. The molecule has 1 heterocycles. The maximum atomic E-state index is 12.1. The van der Waals surface area contributed by atoms with Crippen LogP contribution in [0.5, 0.6) is 0 Å². The van der Waals surface area contributed by atoms with Crippen LogP contribution in [0.3, 0.4) is 0 Å². The van der Waals surface area contributed by atoms with Gasteiger partial charge in [-0.05, 0) is 38.7 Å². The number of esters is 2. The van der Waals surface area contributed by atoms with E-state index < -0.39 is 18.0 Å². The van der Waals surface area contributed by atoms with Crippen LogP contribution in [0.1, 0.15) is 71.6 Å². The second-order valence-corrected chi connectivity index (χ2v) is 6.13. The van der Waals surface area contributed by atoms with E-state index in [0.717, 1.165) is 50.7 Å². The van der Waals surface area contributed by atoms with Crippen LogP contribution in [0, 0.1) is 0 Å². The summed E-state index contributed by atoms with van der Waals surface area (Å²) in [6.45, 7) is 3.14. The van der Waals surface area contributed by atoms with E-state index in [1.165, 1.54) is 19.8 Å². The predicted octanol–water partition coefficient (Wildman–Crippen LogP) is 3.50. The maximum Gasteiger partial charge on any atom is 0.331 e. The summed E-state index contributed by atoms with van der Waals surface area (Å²) in [6.07, 6.45) is 10.2. The van der Waals surface area contributed by atoms with Crippen molar-refractivity contribution in [2.75, 3.05) is 0 Å². The topological polar surface area (TPSA) is 69.7 Å². The van der Waals surface area contributed by atoms with E-state index in [0.29, 0.717) is 6.42 Å². The van der Waals surface area contributed by atoms with Gasteiger partial charge in [-0.25, -0.2) is 4.79 Å². The number of hydrogen-bond acceptors (Lipinski definition) is 5. The molecule has 23 heavy (non-hydrogen) atoms. The minimum Gasteiger partial charge on any atom is -0.460 e. The van der Waals surface area contributed by atoms with E-state index in [-0.39, 0.29) is 11.9 Å². The zero-order valence-corrected chi connectivity index (χ0v) is 14.2. The van der Waals surface area contributed by atoms with E-state index in [2.05, 4.69) is 0 Å². The second-order valence-electron chi connectivity index (χ2n) is 6.13. The fourth-order valence-electron chi connectivity index (χ4n) is 2.66. The summed E-state index contributed by atoms with van der Waals surface area (Å²) < 4.78 is 10.3. The highest BCUT2D eigenvalue weighted by molar-refractivity contribution is 5.99. The van der Waals surface area contributed by atoms with E-state index in [1.54, 1.807) is 0 Å². The van der Waals surface area contributed by atoms with E-state index in [1.807, 2.05) is 6.92 Å².